The molecule has 0 fully saturated rings. The molecule has 1 heterocycles. The topological polar surface area (TPSA) is 38.1 Å². The van der Waals surface area contributed by atoms with E-state index in [0.717, 1.165) is 54.0 Å². The van der Waals surface area contributed by atoms with Gasteiger partial charge in [0, 0.05) is 25.0 Å². The van der Waals surface area contributed by atoms with Crippen LogP contribution in [-0.4, -0.2) is 32.3 Å². The van der Waals surface area contributed by atoms with E-state index < -0.39 is 0 Å². The zero-order valence-electron chi connectivity index (χ0n) is 13.0. The number of imidazole rings is 1. The highest BCUT2D eigenvalue weighted by atomic mass is 35.5. The van der Waals surface area contributed by atoms with E-state index in [1.807, 2.05) is 19.2 Å². The third-order valence-corrected chi connectivity index (χ3v) is 5.52. The lowest BCUT2D eigenvalue weighted by atomic mass is 10.2. The Bertz CT molecular complexity index is 630. The van der Waals surface area contributed by atoms with Gasteiger partial charge in [0.1, 0.15) is 5.82 Å². The Balaban J connectivity index is 1.91. The van der Waals surface area contributed by atoms with Crippen molar-refractivity contribution in [3.8, 4) is 0 Å². The minimum Gasteiger partial charge on any atom is -0.392 e. The molecule has 1 unspecified atom stereocenters. The molecule has 0 saturated carbocycles. The first-order valence-electron chi connectivity index (χ1n) is 7.59. The van der Waals surface area contributed by atoms with Gasteiger partial charge in [-0.05, 0) is 18.6 Å². The summed E-state index contributed by atoms with van der Waals surface area (Å²) in [7, 11) is 2.00. The van der Waals surface area contributed by atoms with Crippen LogP contribution >= 0.6 is 35.0 Å². The molecule has 122 valence electrons. The molecule has 2 aromatic rings. The average Bonchev–Trinajstić information content (AvgIpc) is 2.78. The van der Waals surface area contributed by atoms with E-state index in [4.69, 9.17) is 23.2 Å². The number of aliphatic hydroxyl groups is 1. The molecular formula is C16H22Cl2N2OS. The van der Waals surface area contributed by atoms with Crippen molar-refractivity contribution in [2.75, 3.05) is 11.5 Å². The normalized spacial score (nSPS) is 13.0. The van der Waals surface area contributed by atoms with Crippen molar-refractivity contribution in [2.24, 2.45) is 7.05 Å². The van der Waals surface area contributed by atoms with Crippen molar-refractivity contribution in [3.63, 3.8) is 0 Å². The van der Waals surface area contributed by atoms with E-state index in [9.17, 15) is 5.11 Å². The lowest BCUT2D eigenvalue weighted by Gasteiger charge is -2.09. The van der Waals surface area contributed by atoms with Crippen molar-refractivity contribution >= 4 is 46.0 Å². The van der Waals surface area contributed by atoms with Crippen LogP contribution in [0, 0.1) is 0 Å². The maximum absolute atomic E-state index is 9.84. The van der Waals surface area contributed by atoms with Crippen LogP contribution in [-0.2, 0) is 13.5 Å². The van der Waals surface area contributed by atoms with Crippen LogP contribution in [0.3, 0.4) is 0 Å². The van der Waals surface area contributed by atoms with Crippen LogP contribution in [0.2, 0.25) is 10.0 Å². The maximum atomic E-state index is 9.84. The first-order chi connectivity index (χ1) is 10.5. The molecule has 0 bridgehead atoms. The summed E-state index contributed by atoms with van der Waals surface area (Å²) in [5.74, 6) is 2.76. The highest BCUT2D eigenvalue weighted by Crippen LogP contribution is 2.28. The maximum Gasteiger partial charge on any atom is 0.110 e. The van der Waals surface area contributed by atoms with Crippen molar-refractivity contribution < 1.29 is 5.11 Å². The Morgan fingerprint density at radius 3 is 2.77 bits per heavy atom. The van der Waals surface area contributed by atoms with Crippen LogP contribution in [0.4, 0.5) is 0 Å². The molecule has 0 aliphatic rings. The average molecular weight is 361 g/mol. The molecule has 3 nitrogen and oxygen atoms in total. The van der Waals surface area contributed by atoms with Gasteiger partial charge in [-0.25, -0.2) is 4.98 Å². The second-order valence-electron chi connectivity index (χ2n) is 5.46. The van der Waals surface area contributed by atoms with Crippen molar-refractivity contribution in [3.05, 3.63) is 28.0 Å². The fourth-order valence-electron chi connectivity index (χ4n) is 2.37. The van der Waals surface area contributed by atoms with Crippen molar-refractivity contribution in [2.45, 2.75) is 38.7 Å². The van der Waals surface area contributed by atoms with Gasteiger partial charge in [-0.15, -0.1) is 0 Å². The summed E-state index contributed by atoms with van der Waals surface area (Å²) in [5, 5.41) is 10.9. The number of thioether (sulfide) groups is 1. The fraction of sp³-hybridized carbons (Fsp3) is 0.562. The molecule has 0 aliphatic carbocycles. The Hall–Kier alpha value is -0.420. The van der Waals surface area contributed by atoms with Gasteiger partial charge in [0.2, 0.25) is 0 Å². The third-order valence-electron chi connectivity index (χ3n) is 3.69. The number of unbranched alkanes of at least 4 members (excludes halogenated alkanes) is 1. The molecule has 1 atom stereocenters. The zero-order chi connectivity index (χ0) is 16.1. The van der Waals surface area contributed by atoms with Crippen molar-refractivity contribution in [1.82, 2.24) is 9.55 Å². The molecule has 0 spiro atoms. The molecule has 6 heteroatoms. The zero-order valence-corrected chi connectivity index (χ0v) is 15.3. The number of fused-ring (bicyclic) bond motifs is 1. The van der Waals surface area contributed by atoms with Crippen LogP contribution in [0.25, 0.3) is 11.0 Å². The smallest absolute Gasteiger partial charge is 0.110 e. The fourth-order valence-corrected chi connectivity index (χ4v) is 3.61. The van der Waals surface area contributed by atoms with E-state index in [-0.39, 0.29) is 6.10 Å². The summed E-state index contributed by atoms with van der Waals surface area (Å²) in [5.41, 5.74) is 1.87. The summed E-state index contributed by atoms with van der Waals surface area (Å²) < 4.78 is 2.06. The van der Waals surface area contributed by atoms with Crippen LogP contribution in [0.5, 0.6) is 0 Å². The Morgan fingerprint density at radius 2 is 2.05 bits per heavy atom. The van der Waals surface area contributed by atoms with E-state index in [1.54, 1.807) is 11.8 Å². The first kappa shape index (κ1) is 17.9. The number of rotatable bonds is 8. The summed E-state index contributed by atoms with van der Waals surface area (Å²) >= 11 is 13.9. The summed E-state index contributed by atoms with van der Waals surface area (Å²) in [6, 6.07) is 3.67. The van der Waals surface area contributed by atoms with Gasteiger partial charge in [0.05, 0.1) is 27.2 Å². The van der Waals surface area contributed by atoms with Gasteiger partial charge < -0.3 is 9.67 Å². The summed E-state index contributed by atoms with van der Waals surface area (Å²) in [6.45, 7) is 2.14. The number of benzene rings is 1. The van der Waals surface area contributed by atoms with E-state index in [2.05, 4.69) is 16.5 Å². The van der Waals surface area contributed by atoms with Crippen LogP contribution in [0.15, 0.2) is 12.1 Å². The molecule has 22 heavy (non-hydrogen) atoms. The number of nitrogens with zero attached hydrogens (tertiary/aromatic N) is 2. The second kappa shape index (κ2) is 8.44. The quantitative estimate of drug-likeness (QED) is 0.692. The highest BCUT2D eigenvalue weighted by molar-refractivity contribution is 7.99. The number of halogens is 2. The number of hydrogen-bond acceptors (Lipinski definition) is 3. The molecule has 0 saturated heterocycles. The Kier molecular flexibility index (Phi) is 6.87. The third kappa shape index (κ3) is 4.54. The SMILES string of the molecule is CCCCC(O)CSCCc1nc2cc(Cl)c(Cl)cc2n1C. The first-order valence-corrected chi connectivity index (χ1v) is 9.50. The molecule has 2 rings (SSSR count). The molecular weight excluding hydrogens is 339 g/mol. The Morgan fingerprint density at radius 1 is 1.32 bits per heavy atom. The Labute approximate surface area is 146 Å². The van der Waals surface area contributed by atoms with Gasteiger partial charge in [-0.3, -0.25) is 0 Å². The minimum absolute atomic E-state index is 0.192. The van der Waals surface area contributed by atoms with Gasteiger partial charge in [0.15, 0.2) is 0 Å². The number of aliphatic hydroxyl groups excluding tert-OH is 1. The van der Waals surface area contributed by atoms with Gasteiger partial charge >= 0.3 is 0 Å². The van der Waals surface area contributed by atoms with E-state index in [1.165, 1.54) is 0 Å². The molecule has 0 amide bonds. The van der Waals surface area contributed by atoms with E-state index in [0.29, 0.717) is 10.0 Å². The number of aromatic nitrogens is 2. The largest absolute Gasteiger partial charge is 0.392 e. The molecule has 1 aromatic heterocycles. The summed E-state index contributed by atoms with van der Waals surface area (Å²) in [6.07, 6.45) is 3.79. The molecule has 0 radical (unpaired) electrons. The minimum atomic E-state index is -0.192. The lowest BCUT2D eigenvalue weighted by Crippen LogP contribution is -2.10. The number of aryl methyl sites for hydroxylation is 2. The second-order valence-corrected chi connectivity index (χ2v) is 7.43. The molecule has 0 aliphatic heterocycles. The monoisotopic (exact) mass is 360 g/mol. The van der Waals surface area contributed by atoms with Gasteiger partial charge in [-0.1, -0.05) is 43.0 Å². The van der Waals surface area contributed by atoms with Gasteiger partial charge in [0.25, 0.3) is 0 Å². The predicted octanol–water partition coefficient (Wildman–Crippen LogP) is 4.71. The highest BCUT2D eigenvalue weighted by Gasteiger charge is 2.11. The van der Waals surface area contributed by atoms with E-state index >= 15 is 0 Å². The predicted molar refractivity (Wildman–Crippen MR) is 97.3 cm³/mol. The number of hydrogen-bond donors (Lipinski definition) is 1. The molecule has 1 N–H and O–H groups in total. The van der Waals surface area contributed by atoms with Crippen LogP contribution < -0.4 is 0 Å². The standard InChI is InChI=1S/C16H22Cl2N2OS/c1-3-4-5-11(21)10-22-7-6-16-19-14-8-12(17)13(18)9-15(14)20(16)2/h8-9,11,21H,3-7,10H2,1-2H3. The van der Waals surface area contributed by atoms with Crippen molar-refractivity contribution in [1.29, 1.82) is 0 Å². The summed E-state index contributed by atoms with van der Waals surface area (Å²) in [4.78, 5) is 4.62. The molecule has 1 aromatic carbocycles. The van der Waals surface area contributed by atoms with Gasteiger partial charge in [-0.2, -0.15) is 11.8 Å². The van der Waals surface area contributed by atoms with Crippen LogP contribution in [0.1, 0.15) is 32.0 Å². The lowest BCUT2D eigenvalue weighted by molar-refractivity contribution is 0.186.